The van der Waals surface area contributed by atoms with Crippen molar-refractivity contribution in [2.75, 3.05) is 5.73 Å². The van der Waals surface area contributed by atoms with E-state index in [0.29, 0.717) is 12.2 Å². The van der Waals surface area contributed by atoms with Gasteiger partial charge in [0.25, 0.3) is 0 Å². The van der Waals surface area contributed by atoms with Crippen LogP contribution in [0.5, 0.6) is 0 Å². The number of hydrogen-bond acceptors (Lipinski definition) is 2. The van der Waals surface area contributed by atoms with Gasteiger partial charge in [0.05, 0.1) is 17.2 Å². The Kier molecular flexibility index (Phi) is 2.73. The molecule has 0 unspecified atom stereocenters. The highest BCUT2D eigenvalue weighted by molar-refractivity contribution is 9.10. The van der Waals surface area contributed by atoms with E-state index in [2.05, 4.69) is 21.0 Å². The number of benzene rings is 1. The van der Waals surface area contributed by atoms with Gasteiger partial charge in [0.1, 0.15) is 5.82 Å². The third-order valence-electron chi connectivity index (χ3n) is 2.04. The first-order valence-electron chi connectivity index (χ1n) is 4.37. The summed E-state index contributed by atoms with van der Waals surface area (Å²) in [5.41, 5.74) is 6.98. The molecule has 1 aromatic heterocycles. The summed E-state index contributed by atoms with van der Waals surface area (Å²) in [7, 11) is 0. The molecule has 3 nitrogen and oxygen atoms in total. The maximum atomic E-state index is 12.8. The maximum absolute atomic E-state index is 12.8. The lowest BCUT2D eigenvalue weighted by molar-refractivity contribution is 0.625. The average Bonchev–Trinajstić information content (AvgIpc) is 2.56. The van der Waals surface area contributed by atoms with Crippen LogP contribution in [0.2, 0.25) is 0 Å². The second kappa shape index (κ2) is 4.02. The Labute approximate surface area is 94.8 Å². The lowest BCUT2D eigenvalue weighted by Crippen LogP contribution is -2.03. The van der Waals surface area contributed by atoms with Gasteiger partial charge in [-0.1, -0.05) is 6.07 Å². The average molecular weight is 270 g/mol. The SMILES string of the molecule is Nc1cc(F)ccc1Cn1cc(Br)cn1. The van der Waals surface area contributed by atoms with Gasteiger partial charge in [-0.05, 0) is 33.6 Å². The predicted molar refractivity (Wildman–Crippen MR) is 59.8 cm³/mol. The molecule has 78 valence electrons. The van der Waals surface area contributed by atoms with Crippen molar-refractivity contribution in [3.05, 3.63) is 46.4 Å². The largest absolute Gasteiger partial charge is 0.398 e. The number of rotatable bonds is 2. The molecule has 0 aliphatic rings. The summed E-state index contributed by atoms with van der Waals surface area (Å²) in [5, 5.41) is 4.10. The molecule has 0 saturated heterocycles. The summed E-state index contributed by atoms with van der Waals surface area (Å²) in [4.78, 5) is 0. The molecule has 1 heterocycles. The number of anilines is 1. The molecule has 5 heteroatoms. The van der Waals surface area contributed by atoms with E-state index in [0.717, 1.165) is 10.0 Å². The van der Waals surface area contributed by atoms with E-state index >= 15 is 0 Å². The fourth-order valence-electron chi connectivity index (χ4n) is 1.31. The third kappa shape index (κ3) is 2.36. The minimum Gasteiger partial charge on any atom is -0.398 e. The monoisotopic (exact) mass is 269 g/mol. The number of nitrogens with two attached hydrogens (primary N) is 1. The molecule has 2 rings (SSSR count). The highest BCUT2D eigenvalue weighted by atomic mass is 79.9. The Morgan fingerprint density at radius 2 is 2.27 bits per heavy atom. The van der Waals surface area contributed by atoms with Gasteiger partial charge in [-0.15, -0.1) is 0 Å². The summed E-state index contributed by atoms with van der Waals surface area (Å²) in [6.07, 6.45) is 3.53. The van der Waals surface area contributed by atoms with E-state index in [-0.39, 0.29) is 5.82 Å². The second-order valence-corrected chi connectivity index (χ2v) is 4.11. The van der Waals surface area contributed by atoms with Crippen LogP contribution in [0, 0.1) is 5.82 Å². The maximum Gasteiger partial charge on any atom is 0.125 e. The normalized spacial score (nSPS) is 10.5. The predicted octanol–water partition coefficient (Wildman–Crippen LogP) is 2.42. The molecule has 0 aliphatic heterocycles. The van der Waals surface area contributed by atoms with Crippen molar-refractivity contribution in [3.8, 4) is 0 Å². The summed E-state index contributed by atoms with van der Waals surface area (Å²) in [6.45, 7) is 0.539. The van der Waals surface area contributed by atoms with E-state index in [1.807, 2.05) is 6.20 Å². The van der Waals surface area contributed by atoms with Crippen LogP contribution in [0.15, 0.2) is 35.1 Å². The van der Waals surface area contributed by atoms with Crippen LogP contribution in [0.3, 0.4) is 0 Å². The van der Waals surface area contributed by atoms with Gasteiger partial charge in [-0.25, -0.2) is 4.39 Å². The molecule has 0 radical (unpaired) electrons. The van der Waals surface area contributed by atoms with Crippen LogP contribution in [-0.4, -0.2) is 9.78 Å². The minimum absolute atomic E-state index is 0.321. The smallest absolute Gasteiger partial charge is 0.125 e. The molecule has 0 atom stereocenters. The number of nitrogen functional groups attached to an aromatic ring is 1. The zero-order valence-corrected chi connectivity index (χ0v) is 9.41. The van der Waals surface area contributed by atoms with Crippen molar-refractivity contribution in [1.82, 2.24) is 9.78 Å². The standard InChI is InChI=1S/C10H9BrFN3/c11-8-4-14-15(6-8)5-7-1-2-9(12)3-10(7)13/h1-4,6H,5,13H2. The van der Waals surface area contributed by atoms with E-state index in [1.165, 1.54) is 12.1 Å². The van der Waals surface area contributed by atoms with Crippen LogP contribution in [0.25, 0.3) is 0 Å². The van der Waals surface area contributed by atoms with Crippen molar-refractivity contribution >= 4 is 21.6 Å². The Morgan fingerprint density at radius 3 is 2.87 bits per heavy atom. The highest BCUT2D eigenvalue weighted by Crippen LogP contribution is 2.15. The van der Waals surface area contributed by atoms with Gasteiger partial charge < -0.3 is 5.73 Å². The minimum atomic E-state index is -0.321. The summed E-state index contributed by atoms with van der Waals surface area (Å²) < 4.78 is 15.4. The third-order valence-corrected chi connectivity index (χ3v) is 2.45. The van der Waals surface area contributed by atoms with E-state index < -0.39 is 0 Å². The Bertz CT molecular complexity index is 481. The first-order chi connectivity index (χ1) is 7.15. The number of aromatic nitrogens is 2. The second-order valence-electron chi connectivity index (χ2n) is 3.20. The van der Waals surface area contributed by atoms with E-state index in [1.54, 1.807) is 16.9 Å². The molecule has 2 N–H and O–H groups in total. The van der Waals surface area contributed by atoms with Crippen molar-refractivity contribution < 1.29 is 4.39 Å². The quantitative estimate of drug-likeness (QED) is 0.851. The van der Waals surface area contributed by atoms with Gasteiger partial charge >= 0.3 is 0 Å². The van der Waals surface area contributed by atoms with Gasteiger partial charge in [-0.3, -0.25) is 4.68 Å². The van der Waals surface area contributed by atoms with E-state index in [9.17, 15) is 4.39 Å². The topological polar surface area (TPSA) is 43.8 Å². The molecule has 0 saturated carbocycles. The molecular weight excluding hydrogens is 261 g/mol. The Morgan fingerprint density at radius 1 is 1.47 bits per heavy atom. The van der Waals surface area contributed by atoms with Gasteiger partial charge in [0, 0.05) is 11.9 Å². The molecule has 0 aliphatic carbocycles. The van der Waals surface area contributed by atoms with Crippen LogP contribution in [-0.2, 0) is 6.54 Å². The van der Waals surface area contributed by atoms with E-state index in [4.69, 9.17) is 5.73 Å². The first kappa shape index (κ1) is 10.2. The fraction of sp³-hybridized carbons (Fsp3) is 0.100. The number of hydrogen-bond donors (Lipinski definition) is 1. The van der Waals surface area contributed by atoms with Crippen LogP contribution in [0.1, 0.15) is 5.56 Å². The summed E-state index contributed by atoms with van der Waals surface area (Å²) in [5.74, 6) is -0.321. The molecule has 0 fully saturated rings. The Balaban J connectivity index is 2.24. The fourth-order valence-corrected chi connectivity index (χ4v) is 1.64. The molecule has 15 heavy (non-hydrogen) atoms. The van der Waals surface area contributed by atoms with Gasteiger partial charge in [0.15, 0.2) is 0 Å². The zero-order valence-electron chi connectivity index (χ0n) is 7.82. The number of nitrogens with zero attached hydrogens (tertiary/aromatic N) is 2. The molecular formula is C10H9BrFN3. The van der Waals surface area contributed by atoms with Crippen molar-refractivity contribution in [2.45, 2.75) is 6.54 Å². The summed E-state index contributed by atoms with van der Waals surface area (Å²) >= 11 is 3.30. The van der Waals surface area contributed by atoms with Crippen molar-refractivity contribution in [2.24, 2.45) is 0 Å². The van der Waals surface area contributed by atoms with Crippen LogP contribution < -0.4 is 5.73 Å². The van der Waals surface area contributed by atoms with Gasteiger partial charge in [-0.2, -0.15) is 5.10 Å². The van der Waals surface area contributed by atoms with Crippen LogP contribution in [0.4, 0.5) is 10.1 Å². The van der Waals surface area contributed by atoms with Crippen molar-refractivity contribution in [1.29, 1.82) is 0 Å². The number of halogens is 2. The molecule has 2 aromatic rings. The molecule has 0 spiro atoms. The highest BCUT2D eigenvalue weighted by Gasteiger charge is 2.02. The van der Waals surface area contributed by atoms with Crippen LogP contribution >= 0.6 is 15.9 Å². The first-order valence-corrected chi connectivity index (χ1v) is 5.16. The molecule has 1 aromatic carbocycles. The summed E-state index contributed by atoms with van der Waals surface area (Å²) in [6, 6.07) is 4.37. The van der Waals surface area contributed by atoms with Crippen molar-refractivity contribution in [3.63, 3.8) is 0 Å². The lowest BCUT2D eigenvalue weighted by Gasteiger charge is -2.05. The molecule has 0 bridgehead atoms. The Hall–Kier alpha value is -1.36. The zero-order chi connectivity index (χ0) is 10.8. The van der Waals surface area contributed by atoms with Gasteiger partial charge in [0.2, 0.25) is 0 Å². The molecule has 0 amide bonds. The lowest BCUT2D eigenvalue weighted by atomic mass is 10.2.